The quantitative estimate of drug-likeness (QED) is 0.337. The van der Waals surface area contributed by atoms with Crippen LogP contribution in [0.3, 0.4) is 0 Å². The Hall–Kier alpha value is -3.17. The van der Waals surface area contributed by atoms with Crippen molar-refractivity contribution in [1.82, 2.24) is 0 Å². The molecule has 2 aromatic rings. The minimum Gasteiger partial charge on any atom is -0.435 e. The number of anilines is 1. The van der Waals surface area contributed by atoms with Gasteiger partial charge in [-0.2, -0.15) is 8.78 Å². The highest BCUT2D eigenvalue weighted by Crippen LogP contribution is 2.20. The third-order valence-electron chi connectivity index (χ3n) is 3.19. The summed E-state index contributed by atoms with van der Waals surface area (Å²) >= 11 is 0. The Kier molecular flexibility index (Phi) is 6.69. The van der Waals surface area contributed by atoms with E-state index in [4.69, 9.17) is 4.84 Å². The maximum Gasteiger partial charge on any atom is 0.387 e. The molecule has 0 fully saturated rings. The summed E-state index contributed by atoms with van der Waals surface area (Å²) in [5.74, 6) is -5.52. The molecule has 0 bridgehead atoms. The summed E-state index contributed by atoms with van der Waals surface area (Å²) in [6, 6.07) is 6.95. The van der Waals surface area contributed by atoms with E-state index in [9.17, 15) is 26.7 Å². The summed E-state index contributed by atoms with van der Waals surface area (Å²) in [6.07, 6.45) is 0.0175. The van der Waals surface area contributed by atoms with Crippen LogP contribution in [0.25, 0.3) is 0 Å². The SMILES string of the molecule is CC(O/N=C/c1ccc(OC(F)F)cc1)C(=O)Nc1ccc(F)c(F)c1F. The molecule has 144 valence electrons. The highest BCUT2D eigenvalue weighted by molar-refractivity contribution is 5.94. The monoisotopic (exact) mass is 388 g/mol. The Balaban J connectivity index is 1.91. The molecule has 1 unspecified atom stereocenters. The number of carbonyl (C=O) groups excluding carboxylic acids is 1. The van der Waals surface area contributed by atoms with Crippen LogP contribution in [-0.4, -0.2) is 24.8 Å². The molecule has 0 aliphatic heterocycles. The summed E-state index contributed by atoms with van der Waals surface area (Å²) in [5.41, 5.74) is -0.0798. The van der Waals surface area contributed by atoms with Crippen molar-refractivity contribution in [2.45, 2.75) is 19.6 Å². The molecule has 0 aromatic heterocycles. The topological polar surface area (TPSA) is 59.9 Å². The van der Waals surface area contributed by atoms with Crippen LogP contribution in [0, 0.1) is 17.5 Å². The number of hydrogen-bond acceptors (Lipinski definition) is 4. The van der Waals surface area contributed by atoms with Crippen molar-refractivity contribution in [3.05, 3.63) is 59.4 Å². The van der Waals surface area contributed by atoms with Gasteiger partial charge in [-0.15, -0.1) is 0 Å². The molecule has 2 aromatic carbocycles. The van der Waals surface area contributed by atoms with Crippen molar-refractivity contribution < 1.29 is 36.3 Å². The number of benzene rings is 2. The minimum atomic E-state index is -2.94. The third kappa shape index (κ3) is 5.66. The molecule has 0 aliphatic rings. The summed E-state index contributed by atoms with van der Waals surface area (Å²) in [7, 11) is 0. The molecule has 0 saturated heterocycles. The van der Waals surface area contributed by atoms with Crippen LogP contribution >= 0.6 is 0 Å². The zero-order chi connectivity index (χ0) is 20.0. The first kappa shape index (κ1) is 20.1. The normalized spacial score (nSPS) is 12.3. The van der Waals surface area contributed by atoms with Gasteiger partial charge in [0, 0.05) is 0 Å². The van der Waals surface area contributed by atoms with Crippen molar-refractivity contribution in [3.8, 4) is 5.75 Å². The van der Waals surface area contributed by atoms with Crippen molar-refractivity contribution >= 4 is 17.8 Å². The molecule has 1 atom stereocenters. The van der Waals surface area contributed by atoms with Gasteiger partial charge in [-0.25, -0.2) is 13.2 Å². The predicted octanol–water partition coefficient (Wildman–Crippen LogP) is 4.08. The predicted molar refractivity (Wildman–Crippen MR) is 86.2 cm³/mol. The van der Waals surface area contributed by atoms with Gasteiger partial charge in [-0.3, -0.25) is 4.79 Å². The van der Waals surface area contributed by atoms with E-state index in [1.807, 2.05) is 5.32 Å². The number of halogens is 5. The fourth-order valence-electron chi connectivity index (χ4n) is 1.82. The van der Waals surface area contributed by atoms with E-state index in [1.165, 1.54) is 37.4 Å². The third-order valence-corrected chi connectivity index (χ3v) is 3.19. The molecule has 0 aliphatic carbocycles. The molecule has 1 amide bonds. The fourth-order valence-corrected chi connectivity index (χ4v) is 1.82. The van der Waals surface area contributed by atoms with E-state index < -0.39 is 41.8 Å². The van der Waals surface area contributed by atoms with Crippen LogP contribution in [0.2, 0.25) is 0 Å². The lowest BCUT2D eigenvalue weighted by molar-refractivity contribution is -0.126. The molecule has 0 radical (unpaired) electrons. The molecule has 0 heterocycles. The number of oxime groups is 1. The molecule has 27 heavy (non-hydrogen) atoms. The van der Waals surface area contributed by atoms with Gasteiger partial charge < -0.3 is 14.9 Å². The average molecular weight is 388 g/mol. The van der Waals surface area contributed by atoms with E-state index in [2.05, 4.69) is 9.89 Å². The van der Waals surface area contributed by atoms with Gasteiger partial charge in [0.1, 0.15) is 5.75 Å². The van der Waals surface area contributed by atoms with Crippen LogP contribution in [0.4, 0.5) is 27.6 Å². The van der Waals surface area contributed by atoms with E-state index in [0.29, 0.717) is 11.6 Å². The Labute approximate surface area is 150 Å². The molecule has 2 rings (SSSR count). The Morgan fingerprint density at radius 2 is 1.74 bits per heavy atom. The first-order valence-corrected chi connectivity index (χ1v) is 7.46. The maximum atomic E-state index is 13.5. The van der Waals surface area contributed by atoms with Crippen LogP contribution in [0.5, 0.6) is 5.75 Å². The van der Waals surface area contributed by atoms with Crippen LogP contribution in [-0.2, 0) is 9.63 Å². The zero-order valence-electron chi connectivity index (χ0n) is 13.8. The lowest BCUT2D eigenvalue weighted by Gasteiger charge is -2.11. The molecule has 0 saturated carbocycles. The van der Waals surface area contributed by atoms with Gasteiger partial charge in [-0.1, -0.05) is 5.16 Å². The number of rotatable bonds is 7. The molecule has 1 N–H and O–H groups in total. The van der Waals surface area contributed by atoms with Crippen molar-refractivity contribution in [2.24, 2.45) is 5.16 Å². The van der Waals surface area contributed by atoms with Crippen LogP contribution in [0.1, 0.15) is 12.5 Å². The summed E-state index contributed by atoms with van der Waals surface area (Å²) < 4.78 is 67.8. The van der Waals surface area contributed by atoms with E-state index in [1.54, 1.807) is 0 Å². The lowest BCUT2D eigenvalue weighted by Crippen LogP contribution is -2.27. The molecular weight excluding hydrogens is 375 g/mol. The first-order valence-electron chi connectivity index (χ1n) is 7.46. The molecule has 0 spiro atoms. The van der Waals surface area contributed by atoms with Gasteiger partial charge in [0.25, 0.3) is 5.91 Å². The number of amides is 1. The average Bonchev–Trinajstić information content (AvgIpc) is 2.63. The Morgan fingerprint density at radius 3 is 2.37 bits per heavy atom. The number of ether oxygens (including phenoxy) is 1. The van der Waals surface area contributed by atoms with E-state index in [-0.39, 0.29) is 5.75 Å². The van der Waals surface area contributed by atoms with Gasteiger partial charge in [0.2, 0.25) is 6.10 Å². The number of alkyl halides is 2. The van der Waals surface area contributed by atoms with Gasteiger partial charge in [-0.05, 0) is 48.9 Å². The van der Waals surface area contributed by atoms with Gasteiger partial charge in [0.05, 0.1) is 11.9 Å². The minimum absolute atomic E-state index is 0.0376. The Morgan fingerprint density at radius 1 is 1.07 bits per heavy atom. The van der Waals surface area contributed by atoms with Gasteiger partial charge >= 0.3 is 6.61 Å². The first-order chi connectivity index (χ1) is 12.8. The molecule has 5 nitrogen and oxygen atoms in total. The second-order valence-corrected chi connectivity index (χ2v) is 5.14. The second kappa shape index (κ2) is 8.97. The van der Waals surface area contributed by atoms with E-state index >= 15 is 0 Å². The highest BCUT2D eigenvalue weighted by Gasteiger charge is 2.19. The van der Waals surface area contributed by atoms with Crippen molar-refractivity contribution in [3.63, 3.8) is 0 Å². The van der Waals surface area contributed by atoms with Crippen molar-refractivity contribution in [1.29, 1.82) is 0 Å². The highest BCUT2D eigenvalue weighted by atomic mass is 19.3. The van der Waals surface area contributed by atoms with Crippen molar-refractivity contribution in [2.75, 3.05) is 5.32 Å². The fraction of sp³-hybridized carbons (Fsp3) is 0.176. The second-order valence-electron chi connectivity index (χ2n) is 5.14. The number of carbonyl (C=O) groups is 1. The lowest BCUT2D eigenvalue weighted by atomic mass is 10.2. The van der Waals surface area contributed by atoms with Gasteiger partial charge in [0.15, 0.2) is 17.5 Å². The summed E-state index contributed by atoms with van der Waals surface area (Å²) in [5, 5.41) is 5.59. The maximum absolute atomic E-state index is 13.5. The van der Waals surface area contributed by atoms with Crippen LogP contribution in [0.15, 0.2) is 41.6 Å². The smallest absolute Gasteiger partial charge is 0.387 e. The number of nitrogens with one attached hydrogen (secondary N) is 1. The van der Waals surface area contributed by atoms with Crippen LogP contribution < -0.4 is 10.1 Å². The zero-order valence-corrected chi connectivity index (χ0v) is 13.8. The van der Waals surface area contributed by atoms with E-state index in [0.717, 1.165) is 6.07 Å². The summed E-state index contributed by atoms with van der Waals surface area (Å²) in [4.78, 5) is 16.8. The Bertz CT molecular complexity index is 828. The standard InChI is InChI=1S/C17H13F5N2O3/c1-9(16(25)24-13-7-6-12(18)14(19)15(13)20)27-23-8-10-2-4-11(5-3-10)26-17(21)22/h2-9,17H,1H3,(H,24,25)/b23-8+. The molecular formula is C17H13F5N2O3. The summed E-state index contributed by atoms with van der Waals surface area (Å²) in [6.45, 7) is -1.64. The molecule has 10 heteroatoms. The number of nitrogens with zero attached hydrogens (tertiary/aromatic N) is 1. The largest absolute Gasteiger partial charge is 0.435 e. The number of hydrogen-bond donors (Lipinski definition) is 1.